The van der Waals surface area contributed by atoms with Gasteiger partial charge in [0.15, 0.2) is 0 Å². The maximum atomic E-state index is 2.71. The molecule has 2 saturated carbocycles. The molecule has 236 valence electrons. The zero-order valence-electron chi connectivity index (χ0n) is 29.1. The van der Waals surface area contributed by atoms with E-state index in [9.17, 15) is 0 Å². The lowest BCUT2D eigenvalue weighted by molar-refractivity contribution is 0.185. The van der Waals surface area contributed by atoms with Gasteiger partial charge in [0.25, 0.3) is 0 Å². The summed E-state index contributed by atoms with van der Waals surface area (Å²) in [5.74, 6) is 9.66. The molecule has 0 N–H and O–H groups in total. The van der Waals surface area contributed by atoms with E-state index < -0.39 is 0 Å². The maximum absolute atomic E-state index is 2.71. The molecule has 0 heteroatoms. The van der Waals surface area contributed by atoms with Crippen LogP contribution in [0.4, 0.5) is 0 Å². The van der Waals surface area contributed by atoms with Crippen molar-refractivity contribution in [3.05, 3.63) is 71.9 Å². The van der Waals surface area contributed by atoms with Crippen LogP contribution in [0, 0.1) is 81.8 Å². The first-order chi connectivity index (χ1) is 20.5. The van der Waals surface area contributed by atoms with Crippen molar-refractivity contribution >= 4 is 0 Å². The SMILES string of the molecule is CCC1CC2C(C=CC[C@H]2C2=CCC(C(C)(C)C)C=C2)C1CC1C(CC)CC2C1C=CC[C@H]2C1=CC[C@@H](C(C)(C)C)C=C1. The fraction of sp³-hybridized carbons (Fsp3) is 0.721. The molecule has 0 aromatic rings. The molecule has 0 aromatic carbocycles. The van der Waals surface area contributed by atoms with Gasteiger partial charge < -0.3 is 0 Å². The van der Waals surface area contributed by atoms with Crippen molar-refractivity contribution in [2.75, 3.05) is 0 Å². The number of fused-ring (bicyclic) bond motifs is 2. The van der Waals surface area contributed by atoms with Gasteiger partial charge in [-0.05, 0) is 138 Å². The van der Waals surface area contributed by atoms with Gasteiger partial charge in [0.05, 0.1) is 0 Å². The summed E-state index contributed by atoms with van der Waals surface area (Å²) < 4.78 is 0. The molecule has 0 heterocycles. The van der Waals surface area contributed by atoms with Crippen LogP contribution < -0.4 is 0 Å². The van der Waals surface area contributed by atoms with Crippen molar-refractivity contribution in [2.24, 2.45) is 81.8 Å². The highest BCUT2D eigenvalue weighted by molar-refractivity contribution is 5.32. The van der Waals surface area contributed by atoms with Gasteiger partial charge in [-0.2, -0.15) is 0 Å². The van der Waals surface area contributed by atoms with Gasteiger partial charge in [0, 0.05) is 0 Å². The molecule has 0 amide bonds. The van der Waals surface area contributed by atoms with Crippen molar-refractivity contribution in [1.82, 2.24) is 0 Å². The average molecular weight is 581 g/mol. The van der Waals surface area contributed by atoms with Crippen LogP contribution in [0.25, 0.3) is 0 Å². The van der Waals surface area contributed by atoms with E-state index in [1.807, 2.05) is 0 Å². The van der Waals surface area contributed by atoms with Gasteiger partial charge in [-0.1, -0.05) is 129 Å². The summed E-state index contributed by atoms with van der Waals surface area (Å²) >= 11 is 0. The van der Waals surface area contributed by atoms with Crippen LogP contribution in [0.1, 0.15) is 113 Å². The number of hydrogen-bond donors (Lipinski definition) is 0. The third kappa shape index (κ3) is 6.17. The number of allylic oxidation sites excluding steroid dienone is 12. The van der Waals surface area contributed by atoms with Crippen LogP contribution in [0.2, 0.25) is 0 Å². The molecule has 12 atom stereocenters. The van der Waals surface area contributed by atoms with Crippen LogP contribution in [0.15, 0.2) is 71.9 Å². The lowest BCUT2D eigenvalue weighted by atomic mass is 9.66. The lowest BCUT2D eigenvalue weighted by Crippen LogP contribution is -2.30. The topological polar surface area (TPSA) is 0 Å². The second-order valence-electron chi connectivity index (χ2n) is 17.9. The molecule has 0 bridgehead atoms. The molecular weight excluding hydrogens is 516 g/mol. The largest absolute Gasteiger partial charge is 0.0876 e. The third-order valence-corrected chi connectivity index (χ3v) is 13.8. The molecule has 2 fully saturated rings. The third-order valence-electron chi connectivity index (χ3n) is 13.8. The van der Waals surface area contributed by atoms with Crippen molar-refractivity contribution in [1.29, 1.82) is 0 Å². The van der Waals surface area contributed by atoms with Gasteiger partial charge in [-0.25, -0.2) is 0 Å². The smallest absolute Gasteiger partial charge is 0.00965 e. The van der Waals surface area contributed by atoms with E-state index in [4.69, 9.17) is 0 Å². The highest BCUT2D eigenvalue weighted by Crippen LogP contribution is 2.59. The second-order valence-corrected chi connectivity index (χ2v) is 17.9. The molecule has 0 nitrogen and oxygen atoms in total. The Balaban J connectivity index is 1.18. The van der Waals surface area contributed by atoms with E-state index in [2.05, 4.69) is 116 Å². The summed E-state index contributed by atoms with van der Waals surface area (Å²) in [5.41, 5.74) is 4.06. The Morgan fingerprint density at radius 1 is 0.581 bits per heavy atom. The van der Waals surface area contributed by atoms with E-state index >= 15 is 0 Å². The minimum absolute atomic E-state index is 0.361. The molecule has 6 aliphatic rings. The van der Waals surface area contributed by atoms with Crippen LogP contribution in [-0.2, 0) is 0 Å². The zero-order valence-corrected chi connectivity index (χ0v) is 29.1. The van der Waals surface area contributed by atoms with Crippen molar-refractivity contribution in [3.8, 4) is 0 Å². The van der Waals surface area contributed by atoms with Crippen LogP contribution in [0.3, 0.4) is 0 Å². The predicted molar refractivity (Wildman–Crippen MR) is 186 cm³/mol. The molecular formula is C43H64. The van der Waals surface area contributed by atoms with E-state index in [1.54, 1.807) is 11.1 Å². The second kappa shape index (κ2) is 12.3. The van der Waals surface area contributed by atoms with Crippen molar-refractivity contribution in [2.45, 2.75) is 113 Å². The minimum atomic E-state index is 0.361. The first-order valence-electron chi connectivity index (χ1n) is 18.6. The summed E-state index contributed by atoms with van der Waals surface area (Å²) in [6.07, 6.45) is 38.2. The first kappa shape index (κ1) is 31.4. The molecule has 9 unspecified atom stereocenters. The fourth-order valence-electron chi connectivity index (χ4n) is 11.0. The molecule has 43 heavy (non-hydrogen) atoms. The summed E-state index contributed by atoms with van der Waals surface area (Å²) in [6, 6.07) is 0. The lowest BCUT2D eigenvalue weighted by Gasteiger charge is -2.38. The average Bonchev–Trinajstić information content (AvgIpc) is 3.54. The highest BCUT2D eigenvalue weighted by Gasteiger charge is 2.51. The Morgan fingerprint density at radius 2 is 1.00 bits per heavy atom. The van der Waals surface area contributed by atoms with Gasteiger partial charge in [0.2, 0.25) is 0 Å². The maximum Gasteiger partial charge on any atom is -0.00965 e. The summed E-state index contributed by atoms with van der Waals surface area (Å²) in [7, 11) is 0. The van der Waals surface area contributed by atoms with Gasteiger partial charge in [-0.3, -0.25) is 0 Å². The standard InChI is InChI=1S/C43H64/c1-9-28-25-40-34(30-17-21-32(22-18-30)42(3,4)5)13-11-15-36(40)38(28)27-39-29(10-2)26-41-35(14-12-16-37(39)41)31-19-23-33(24-20-31)43(6,7)8/h11-12,15-21,23,28-29,32-41H,9-10,13-14,22,24-27H2,1-8H3/t28?,29?,32-,33?,34-,35-,36?,37?,38?,39?,40?,41?/m0/s1. The van der Waals surface area contributed by atoms with E-state index in [-0.39, 0.29) is 0 Å². The Kier molecular flexibility index (Phi) is 9.01. The molecule has 0 saturated heterocycles. The molecule has 0 aromatic heterocycles. The molecule has 6 aliphatic carbocycles. The first-order valence-corrected chi connectivity index (χ1v) is 18.6. The van der Waals surface area contributed by atoms with Crippen molar-refractivity contribution < 1.29 is 0 Å². The van der Waals surface area contributed by atoms with E-state index in [0.717, 1.165) is 59.2 Å². The van der Waals surface area contributed by atoms with Gasteiger partial charge in [-0.15, -0.1) is 0 Å². The predicted octanol–water partition coefficient (Wildman–Crippen LogP) is 12.2. The Bertz CT molecular complexity index is 1080. The van der Waals surface area contributed by atoms with E-state index in [1.165, 1.54) is 57.8 Å². The zero-order chi connectivity index (χ0) is 30.5. The Morgan fingerprint density at radius 3 is 1.33 bits per heavy atom. The summed E-state index contributed by atoms with van der Waals surface area (Å²) in [5, 5.41) is 0. The monoisotopic (exact) mass is 581 g/mol. The van der Waals surface area contributed by atoms with E-state index in [0.29, 0.717) is 22.7 Å². The molecule has 0 spiro atoms. The van der Waals surface area contributed by atoms with Crippen LogP contribution in [-0.4, -0.2) is 0 Å². The van der Waals surface area contributed by atoms with Gasteiger partial charge in [0.1, 0.15) is 0 Å². The summed E-state index contributed by atoms with van der Waals surface area (Å²) in [4.78, 5) is 0. The van der Waals surface area contributed by atoms with Crippen LogP contribution >= 0.6 is 0 Å². The number of rotatable bonds is 6. The Hall–Kier alpha value is -1.56. The fourth-order valence-corrected chi connectivity index (χ4v) is 11.0. The molecule has 0 radical (unpaired) electrons. The van der Waals surface area contributed by atoms with Crippen molar-refractivity contribution in [3.63, 3.8) is 0 Å². The molecule has 0 aliphatic heterocycles. The number of hydrogen-bond acceptors (Lipinski definition) is 0. The summed E-state index contributed by atoms with van der Waals surface area (Å²) in [6.45, 7) is 19.4. The van der Waals surface area contributed by atoms with Crippen LogP contribution in [0.5, 0.6) is 0 Å². The van der Waals surface area contributed by atoms with Gasteiger partial charge >= 0.3 is 0 Å². The normalized spacial score (nSPS) is 42.5. The quantitative estimate of drug-likeness (QED) is 0.274. The highest BCUT2D eigenvalue weighted by atomic mass is 14.6. The Labute approximate surface area is 266 Å². The minimum Gasteiger partial charge on any atom is -0.0876 e. The molecule has 6 rings (SSSR count).